The Hall–Kier alpha value is -1.99. The van der Waals surface area contributed by atoms with Gasteiger partial charge in [0, 0.05) is 17.5 Å². The van der Waals surface area contributed by atoms with E-state index < -0.39 is 22.7 Å². The molecule has 0 N–H and O–H groups in total. The van der Waals surface area contributed by atoms with Crippen molar-refractivity contribution in [3.8, 4) is 5.75 Å². The van der Waals surface area contributed by atoms with Crippen molar-refractivity contribution in [2.45, 2.75) is 17.9 Å². The van der Waals surface area contributed by atoms with Gasteiger partial charge in [-0.1, -0.05) is 12.1 Å². The summed E-state index contributed by atoms with van der Waals surface area (Å²) in [6, 6.07) is 10.9. The molecule has 0 saturated carbocycles. The van der Waals surface area contributed by atoms with Crippen molar-refractivity contribution in [3.05, 3.63) is 93.0 Å². The highest BCUT2D eigenvalue weighted by Crippen LogP contribution is 2.42. The highest BCUT2D eigenvalue weighted by molar-refractivity contribution is 9.10. The molecule has 0 bridgehead atoms. The van der Waals surface area contributed by atoms with Crippen LogP contribution in [0.2, 0.25) is 0 Å². The summed E-state index contributed by atoms with van der Waals surface area (Å²) in [6.07, 6.45) is 1.56. The number of hydrogen-bond donors (Lipinski definition) is 0. The summed E-state index contributed by atoms with van der Waals surface area (Å²) >= 11 is 4.60. The number of methoxy groups -OCH3 is 1. The fourth-order valence-corrected chi connectivity index (χ4v) is 4.63. The number of rotatable bonds is 6. The third kappa shape index (κ3) is 4.52. The van der Waals surface area contributed by atoms with Gasteiger partial charge in [-0.25, -0.2) is 18.2 Å². The molecule has 2 nitrogen and oxygen atoms in total. The summed E-state index contributed by atoms with van der Waals surface area (Å²) in [5.74, 6) is -1.84. The van der Waals surface area contributed by atoms with Crippen molar-refractivity contribution >= 4 is 27.7 Å². The van der Waals surface area contributed by atoms with Gasteiger partial charge in [-0.3, -0.25) is 0 Å². The molecule has 1 unspecified atom stereocenters. The standard InChI is InChI=1S/C21H17BrF3NOS/c1-12-9-18(22)26-10-15(12)21(19-16(23)7-8-17(24)20(19)25)28-11-13-3-5-14(27-2)6-4-13/h3-10,21H,11H2,1-2H3. The SMILES string of the molecule is COc1ccc(CSC(c2cnc(Br)cc2C)c2c(F)ccc(F)c2F)cc1. The fraction of sp³-hybridized carbons (Fsp3) is 0.190. The lowest BCUT2D eigenvalue weighted by atomic mass is 10.0. The van der Waals surface area contributed by atoms with Crippen LogP contribution in [-0.4, -0.2) is 12.1 Å². The quantitative estimate of drug-likeness (QED) is 0.301. The molecule has 0 spiro atoms. The minimum Gasteiger partial charge on any atom is -0.497 e. The van der Waals surface area contributed by atoms with Gasteiger partial charge < -0.3 is 4.74 Å². The molecule has 2 aromatic carbocycles. The van der Waals surface area contributed by atoms with E-state index in [1.807, 2.05) is 31.2 Å². The second kappa shape index (κ2) is 9.01. The zero-order valence-electron chi connectivity index (χ0n) is 15.2. The molecule has 0 fully saturated rings. The van der Waals surface area contributed by atoms with Crippen molar-refractivity contribution < 1.29 is 17.9 Å². The molecule has 0 radical (unpaired) electrons. The highest BCUT2D eigenvalue weighted by atomic mass is 79.9. The van der Waals surface area contributed by atoms with E-state index in [0.717, 1.165) is 29.0 Å². The molecule has 3 rings (SSSR count). The normalized spacial score (nSPS) is 12.1. The molecule has 146 valence electrons. The molecule has 0 aliphatic heterocycles. The van der Waals surface area contributed by atoms with Crippen LogP contribution in [0.3, 0.4) is 0 Å². The van der Waals surface area contributed by atoms with Crippen molar-refractivity contribution in [1.29, 1.82) is 0 Å². The lowest BCUT2D eigenvalue weighted by molar-refractivity contribution is 0.414. The summed E-state index contributed by atoms with van der Waals surface area (Å²) in [7, 11) is 1.58. The first-order valence-corrected chi connectivity index (χ1v) is 10.2. The molecule has 0 aliphatic rings. The number of benzene rings is 2. The van der Waals surface area contributed by atoms with Crippen LogP contribution in [0, 0.1) is 24.4 Å². The van der Waals surface area contributed by atoms with Crippen LogP contribution in [-0.2, 0) is 5.75 Å². The summed E-state index contributed by atoms with van der Waals surface area (Å²) in [6.45, 7) is 1.83. The first kappa shape index (κ1) is 20.7. The Morgan fingerprint density at radius 1 is 1.07 bits per heavy atom. The van der Waals surface area contributed by atoms with Gasteiger partial charge in [0.1, 0.15) is 16.2 Å². The second-order valence-corrected chi connectivity index (χ2v) is 8.07. The van der Waals surface area contributed by atoms with Gasteiger partial charge in [0.05, 0.1) is 12.4 Å². The van der Waals surface area contributed by atoms with E-state index in [1.165, 1.54) is 11.8 Å². The summed E-state index contributed by atoms with van der Waals surface area (Å²) in [4.78, 5) is 4.19. The van der Waals surface area contributed by atoms with E-state index in [-0.39, 0.29) is 5.56 Å². The molecule has 1 aromatic heterocycles. The van der Waals surface area contributed by atoms with E-state index in [1.54, 1.807) is 19.4 Å². The van der Waals surface area contributed by atoms with Crippen molar-refractivity contribution in [1.82, 2.24) is 4.98 Å². The van der Waals surface area contributed by atoms with Crippen LogP contribution in [0.15, 0.2) is 53.3 Å². The van der Waals surface area contributed by atoms with E-state index in [4.69, 9.17) is 4.74 Å². The minimum atomic E-state index is -1.17. The van der Waals surface area contributed by atoms with E-state index in [0.29, 0.717) is 15.9 Å². The summed E-state index contributed by atoms with van der Waals surface area (Å²) in [5.41, 5.74) is 2.09. The summed E-state index contributed by atoms with van der Waals surface area (Å²) in [5, 5.41) is -0.751. The first-order chi connectivity index (χ1) is 13.4. The molecule has 7 heteroatoms. The van der Waals surface area contributed by atoms with Crippen LogP contribution in [0.1, 0.15) is 27.5 Å². The molecule has 1 heterocycles. The van der Waals surface area contributed by atoms with Crippen molar-refractivity contribution in [3.63, 3.8) is 0 Å². The van der Waals surface area contributed by atoms with Crippen LogP contribution in [0.4, 0.5) is 13.2 Å². The molecular weight excluding hydrogens is 451 g/mol. The van der Waals surface area contributed by atoms with Gasteiger partial charge >= 0.3 is 0 Å². The van der Waals surface area contributed by atoms with Crippen molar-refractivity contribution in [2.75, 3.05) is 7.11 Å². The number of hydrogen-bond acceptors (Lipinski definition) is 3. The zero-order chi connectivity index (χ0) is 20.3. The largest absolute Gasteiger partial charge is 0.497 e. The van der Waals surface area contributed by atoms with E-state index >= 15 is 0 Å². The molecule has 0 aliphatic carbocycles. The van der Waals surface area contributed by atoms with Crippen LogP contribution in [0.5, 0.6) is 5.75 Å². The Bertz CT molecular complexity index is 982. The topological polar surface area (TPSA) is 22.1 Å². The number of nitrogens with zero attached hydrogens (tertiary/aromatic N) is 1. The Morgan fingerprint density at radius 3 is 2.39 bits per heavy atom. The molecular formula is C21H17BrF3NOS. The smallest absolute Gasteiger partial charge is 0.166 e. The monoisotopic (exact) mass is 467 g/mol. The maximum absolute atomic E-state index is 14.6. The van der Waals surface area contributed by atoms with E-state index in [2.05, 4.69) is 20.9 Å². The Labute approximate surface area is 174 Å². The average molecular weight is 468 g/mol. The average Bonchev–Trinajstić information content (AvgIpc) is 2.68. The molecule has 28 heavy (non-hydrogen) atoms. The van der Waals surface area contributed by atoms with Crippen LogP contribution < -0.4 is 4.74 Å². The maximum Gasteiger partial charge on any atom is 0.166 e. The highest BCUT2D eigenvalue weighted by Gasteiger charge is 2.26. The molecule has 0 saturated heterocycles. The molecule has 3 aromatic rings. The number of thioether (sulfide) groups is 1. The number of ether oxygens (including phenoxy) is 1. The second-order valence-electron chi connectivity index (χ2n) is 6.16. The molecule has 1 atom stereocenters. The predicted molar refractivity (Wildman–Crippen MR) is 109 cm³/mol. The van der Waals surface area contributed by atoms with Gasteiger partial charge in [0.25, 0.3) is 0 Å². The number of pyridine rings is 1. The predicted octanol–water partition coefficient (Wildman–Crippen LogP) is 6.60. The Balaban J connectivity index is 2.00. The lowest BCUT2D eigenvalue weighted by Crippen LogP contribution is -2.08. The molecule has 0 amide bonds. The Kier molecular flexibility index (Phi) is 6.67. The van der Waals surface area contributed by atoms with Gasteiger partial charge in [0.15, 0.2) is 11.6 Å². The van der Waals surface area contributed by atoms with Crippen LogP contribution in [0.25, 0.3) is 0 Å². The van der Waals surface area contributed by atoms with Gasteiger partial charge in [-0.15, -0.1) is 11.8 Å². The maximum atomic E-state index is 14.6. The number of aromatic nitrogens is 1. The minimum absolute atomic E-state index is 0.300. The third-order valence-electron chi connectivity index (χ3n) is 4.32. The number of aryl methyl sites for hydroxylation is 1. The van der Waals surface area contributed by atoms with Gasteiger partial charge in [0.2, 0.25) is 0 Å². The van der Waals surface area contributed by atoms with Gasteiger partial charge in [-0.05, 0) is 69.9 Å². The number of halogens is 4. The van der Waals surface area contributed by atoms with E-state index in [9.17, 15) is 13.2 Å². The summed E-state index contributed by atoms with van der Waals surface area (Å²) < 4.78 is 48.7. The fourth-order valence-electron chi connectivity index (χ4n) is 2.82. The van der Waals surface area contributed by atoms with Crippen molar-refractivity contribution in [2.24, 2.45) is 0 Å². The van der Waals surface area contributed by atoms with Gasteiger partial charge in [-0.2, -0.15) is 0 Å². The van der Waals surface area contributed by atoms with Crippen LogP contribution >= 0.6 is 27.7 Å². The lowest BCUT2D eigenvalue weighted by Gasteiger charge is -2.21. The first-order valence-electron chi connectivity index (χ1n) is 8.40. The third-order valence-corrected chi connectivity index (χ3v) is 6.07. The zero-order valence-corrected chi connectivity index (χ0v) is 17.6. The Morgan fingerprint density at radius 2 is 1.75 bits per heavy atom.